The summed E-state index contributed by atoms with van der Waals surface area (Å²) < 4.78 is 29.0. The van der Waals surface area contributed by atoms with Crippen molar-refractivity contribution < 1.29 is 8.42 Å². The summed E-state index contributed by atoms with van der Waals surface area (Å²) >= 11 is 0. The van der Waals surface area contributed by atoms with E-state index in [4.69, 9.17) is 11.5 Å². The molecule has 4 aromatic rings. The summed E-state index contributed by atoms with van der Waals surface area (Å²) in [5, 5.41) is 7.48. The van der Waals surface area contributed by atoms with Crippen molar-refractivity contribution in [1.82, 2.24) is 29.9 Å². The third-order valence-electron chi connectivity index (χ3n) is 8.32. The minimum Gasteiger partial charge on any atom is -0.370 e. The predicted octanol–water partition coefficient (Wildman–Crippen LogP) is 3.78. The molecule has 2 aromatic heterocycles. The highest BCUT2D eigenvalue weighted by atomic mass is 32.2. The van der Waals surface area contributed by atoms with Crippen molar-refractivity contribution >= 4 is 27.0 Å². The standard InChI is InChI=1S/C21H29N7O.C15H24N2O2S/c1-21(2,3)17-11-15-13-28(20(29)27-18(15)26-17)16-7-5-14(6-8-16)12-24-9-4-10-25-19(22)23;1-15(2,3)12-6-8-14(9-7-12)20(18,19)17-13-5-4-10-16-11-13/h5-8,11,13,24H,4,9-10,12H2,1-3H3,(H4,22,23,25)(H,26,27,29);6-9,13,16-17H,4-5,10-11H2,1-3H3/t;13-/m.0/s1. The van der Waals surface area contributed by atoms with Gasteiger partial charge < -0.3 is 27.1 Å². The van der Waals surface area contributed by atoms with Gasteiger partial charge in [0.1, 0.15) is 5.65 Å². The van der Waals surface area contributed by atoms with Crippen LogP contribution in [0.25, 0.3) is 16.7 Å². The van der Waals surface area contributed by atoms with Crippen LogP contribution >= 0.6 is 0 Å². The second-order valence-corrected chi connectivity index (χ2v) is 16.3. The van der Waals surface area contributed by atoms with Gasteiger partial charge in [-0.25, -0.2) is 17.9 Å². The van der Waals surface area contributed by atoms with E-state index < -0.39 is 10.0 Å². The van der Waals surface area contributed by atoms with Crippen LogP contribution in [0.3, 0.4) is 0 Å². The fourth-order valence-electron chi connectivity index (χ4n) is 5.38. The summed E-state index contributed by atoms with van der Waals surface area (Å²) in [6.07, 6.45) is 4.61. The van der Waals surface area contributed by atoms with E-state index in [1.807, 2.05) is 42.6 Å². The molecule has 3 heterocycles. The second-order valence-electron chi connectivity index (χ2n) is 14.6. The van der Waals surface area contributed by atoms with Gasteiger partial charge in [0.25, 0.3) is 0 Å². The number of guanidine groups is 1. The molecule has 13 heteroatoms. The molecule has 8 N–H and O–H groups in total. The van der Waals surface area contributed by atoms with Gasteiger partial charge in [0.2, 0.25) is 10.0 Å². The Labute approximate surface area is 290 Å². The van der Waals surface area contributed by atoms with Gasteiger partial charge >= 0.3 is 5.69 Å². The van der Waals surface area contributed by atoms with Crippen molar-refractivity contribution in [2.75, 3.05) is 26.2 Å². The van der Waals surface area contributed by atoms with Gasteiger partial charge in [-0.15, -0.1) is 0 Å². The molecule has 1 saturated heterocycles. The molecule has 0 saturated carbocycles. The van der Waals surface area contributed by atoms with E-state index in [1.165, 1.54) is 0 Å². The second kappa shape index (κ2) is 16.1. The molecule has 0 unspecified atom stereocenters. The highest BCUT2D eigenvalue weighted by molar-refractivity contribution is 7.89. The quantitative estimate of drug-likeness (QED) is 0.0824. The minimum absolute atomic E-state index is 0.00366. The average Bonchev–Trinajstić information content (AvgIpc) is 3.47. The molecule has 0 aliphatic carbocycles. The Morgan fingerprint density at radius 1 is 1.02 bits per heavy atom. The maximum atomic E-state index is 12.5. The van der Waals surface area contributed by atoms with Gasteiger partial charge in [0.15, 0.2) is 5.96 Å². The molecule has 0 bridgehead atoms. The topological polar surface area (TPSA) is 185 Å². The van der Waals surface area contributed by atoms with Gasteiger partial charge in [0.05, 0.1) is 10.6 Å². The number of hydrogen-bond acceptors (Lipinski definition) is 7. The lowest BCUT2D eigenvalue weighted by molar-refractivity contribution is 0.428. The fourth-order valence-corrected chi connectivity index (χ4v) is 6.65. The maximum Gasteiger partial charge on any atom is 0.354 e. The number of sulfonamides is 1. The molecule has 0 radical (unpaired) electrons. The summed E-state index contributed by atoms with van der Waals surface area (Å²) in [5.74, 6) is 0.123. The highest BCUT2D eigenvalue weighted by Gasteiger charge is 2.23. The third kappa shape index (κ3) is 11.0. The number of fused-ring (bicyclic) bond motifs is 1. The van der Waals surface area contributed by atoms with E-state index >= 15 is 0 Å². The minimum atomic E-state index is -3.41. The van der Waals surface area contributed by atoms with Crippen LogP contribution in [0.2, 0.25) is 0 Å². The van der Waals surface area contributed by atoms with Crippen molar-refractivity contribution in [3.05, 3.63) is 88.1 Å². The van der Waals surface area contributed by atoms with E-state index in [2.05, 4.69) is 77.9 Å². The first-order chi connectivity index (χ1) is 23.0. The Balaban J connectivity index is 0.000000237. The van der Waals surface area contributed by atoms with E-state index in [0.717, 1.165) is 66.8 Å². The summed E-state index contributed by atoms with van der Waals surface area (Å²) in [5.41, 5.74) is 15.0. The Kier molecular flexibility index (Phi) is 12.4. The number of nitrogens with two attached hydrogens (primary N) is 2. The van der Waals surface area contributed by atoms with E-state index in [-0.39, 0.29) is 28.5 Å². The number of rotatable bonds is 10. The lowest BCUT2D eigenvalue weighted by Crippen LogP contribution is -2.45. The number of H-pyrrole nitrogens is 1. The zero-order valence-corrected chi connectivity index (χ0v) is 30.5. The maximum absolute atomic E-state index is 12.5. The van der Waals surface area contributed by atoms with E-state index in [0.29, 0.717) is 23.6 Å². The summed E-state index contributed by atoms with van der Waals surface area (Å²) in [7, 11) is -3.41. The van der Waals surface area contributed by atoms with Crippen LogP contribution in [0.1, 0.15) is 77.6 Å². The van der Waals surface area contributed by atoms with Crippen LogP contribution in [-0.2, 0) is 27.4 Å². The smallest absolute Gasteiger partial charge is 0.354 e. The van der Waals surface area contributed by atoms with Crippen molar-refractivity contribution in [3.8, 4) is 5.69 Å². The number of hydrogen-bond donors (Lipinski definition) is 6. The Morgan fingerprint density at radius 2 is 1.71 bits per heavy atom. The van der Waals surface area contributed by atoms with Crippen LogP contribution in [0.15, 0.2) is 75.5 Å². The zero-order chi connectivity index (χ0) is 35.8. The molecule has 12 nitrogen and oxygen atoms in total. The molecule has 266 valence electrons. The van der Waals surface area contributed by atoms with Gasteiger partial charge in [-0.2, -0.15) is 4.98 Å². The van der Waals surface area contributed by atoms with Gasteiger partial charge in [-0.3, -0.25) is 9.56 Å². The number of aromatic amines is 1. The number of aromatic nitrogens is 3. The number of nitrogens with one attached hydrogen (secondary N) is 4. The van der Waals surface area contributed by atoms with Crippen LogP contribution in [0, 0.1) is 0 Å². The molecule has 1 fully saturated rings. The molecular formula is C36H53N9O3S. The molecular weight excluding hydrogens is 639 g/mol. The first-order valence-electron chi connectivity index (χ1n) is 16.8. The van der Waals surface area contributed by atoms with Crippen LogP contribution in [-0.4, -0.2) is 61.1 Å². The molecule has 49 heavy (non-hydrogen) atoms. The number of benzene rings is 2. The fraction of sp³-hybridized carbons (Fsp3) is 0.472. The van der Waals surface area contributed by atoms with Crippen molar-refractivity contribution in [3.63, 3.8) is 0 Å². The largest absolute Gasteiger partial charge is 0.370 e. The van der Waals surface area contributed by atoms with Gasteiger partial charge in [0, 0.05) is 48.4 Å². The lowest BCUT2D eigenvalue weighted by Gasteiger charge is -2.24. The molecule has 0 spiro atoms. The number of piperidine rings is 1. The molecule has 1 atom stereocenters. The summed E-state index contributed by atoms with van der Waals surface area (Å²) in [4.78, 5) is 24.2. The normalized spacial score (nSPS) is 15.4. The van der Waals surface area contributed by atoms with Crippen molar-refractivity contribution in [2.24, 2.45) is 16.5 Å². The molecule has 0 amide bonds. The monoisotopic (exact) mass is 691 g/mol. The Bertz CT molecular complexity index is 1860. The third-order valence-corrected chi connectivity index (χ3v) is 9.85. The molecule has 1 aliphatic rings. The first-order valence-corrected chi connectivity index (χ1v) is 18.3. The zero-order valence-electron chi connectivity index (χ0n) is 29.6. The Hall–Kier alpha value is -4.04. The summed E-state index contributed by atoms with van der Waals surface area (Å²) in [6.45, 7) is 16.6. The van der Waals surface area contributed by atoms with Crippen LogP contribution in [0.4, 0.5) is 0 Å². The van der Waals surface area contributed by atoms with Crippen molar-refractivity contribution in [2.45, 2.75) is 89.1 Å². The molecule has 2 aromatic carbocycles. The number of nitrogens with zero attached hydrogens (tertiary/aromatic N) is 3. The van der Waals surface area contributed by atoms with E-state index in [1.54, 1.807) is 16.7 Å². The van der Waals surface area contributed by atoms with Crippen LogP contribution in [0.5, 0.6) is 0 Å². The SMILES string of the molecule is CC(C)(C)c1cc2cn(-c3ccc(CNCCCN=C(N)N)cc3)c(=O)nc2[nH]1.CC(C)(C)c1ccc(S(=O)(=O)N[C@H]2CCCNC2)cc1. The first kappa shape index (κ1) is 37.8. The van der Waals surface area contributed by atoms with Crippen LogP contribution < -0.4 is 32.5 Å². The van der Waals surface area contributed by atoms with E-state index in [9.17, 15) is 13.2 Å². The molecule has 5 rings (SSSR count). The summed E-state index contributed by atoms with van der Waals surface area (Å²) in [6, 6.07) is 17.1. The lowest BCUT2D eigenvalue weighted by atomic mass is 9.87. The van der Waals surface area contributed by atoms with Gasteiger partial charge in [-0.05, 0) is 79.2 Å². The Morgan fingerprint density at radius 3 is 2.31 bits per heavy atom. The average molecular weight is 692 g/mol. The van der Waals surface area contributed by atoms with Gasteiger partial charge in [-0.1, -0.05) is 65.8 Å². The predicted molar refractivity (Wildman–Crippen MR) is 199 cm³/mol. The highest BCUT2D eigenvalue weighted by Crippen LogP contribution is 2.25. The van der Waals surface area contributed by atoms with Crippen molar-refractivity contribution in [1.29, 1.82) is 0 Å². The number of aliphatic imine (C=N–C) groups is 1. The molecule has 1 aliphatic heterocycles.